The predicted octanol–water partition coefficient (Wildman–Crippen LogP) is 4.59. The number of aromatic nitrogens is 3. The van der Waals surface area contributed by atoms with Gasteiger partial charge in [-0.1, -0.05) is 42.1 Å². The number of para-hydroxylation sites is 1. The molecule has 33 heavy (non-hydrogen) atoms. The van der Waals surface area contributed by atoms with Crippen molar-refractivity contribution in [1.29, 1.82) is 0 Å². The molecular weight excluding hydrogens is 439 g/mol. The van der Waals surface area contributed by atoms with Gasteiger partial charge >= 0.3 is 0 Å². The van der Waals surface area contributed by atoms with Crippen molar-refractivity contribution in [3.05, 3.63) is 94.2 Å². The van der Waals surface area contributed by atoms with Crippen LogP contribution in [0.5, 0.6) is 0 Å². The normalized spacial score (nSPS) is 13.0. The summed E-state index contributed by atoms with van der Waals surface area (Å²) < 4.78 is 14.6. The van der Waals surface area contributed by atoms with Gasteiger partial charge in [-0.3, -0.25) is 9.59 Å². The third-order valence-electron chi connectivity index (χ3n) is 5.25. The minimum absolute atomic E-state index is 0.220. The van der Waals surface area contributed by atoms with Crippen LogP contribution in [0.3, 0.4) is 0 Å². The van der Waals surface area contributed by atoms with Gasteiger partial charge in [-0.15, -0.1) is 0 Å². The highest BCUT2D eigenvalue weighted by Crippen LogP contribution is 2.25. The van der Waals surface area contributed by atoms with Gasteiger partial charge in [0, 0.05) is 6.20 Å². The quantitative estimate of drug-likeness (QED) is 0.335. The first-order chi connectivity index (χ1) is 15.8. The van der Waals surface area contributed by atoms with Crippen molar-refractivity contribution in [3.63, 3.8) is 0 Å². The summed E-state index contributed by atoms with van der Waals surface area (Å²) in [5, 5.41) is 3.26. The van der Waals surface area contributed by atoms with Gasteiger partial charge in [-0.2, -0.15) is 0 Å². The Morgan fingerprint density at radius 3 is 2.48 bits per heavy atom. The van der Waals surface area contributed by atoms with Crippen LogP contribution in [0.2, 0.25) is 0 Å². The molecule has 0 fully saturated rings. The molecule has 0 saturated heterocycles. The molecule has 4 rings (SSSR count). The van der Waals surface area contributed by atoms with Gasteiger partial charge in [0.15, 0.2) is 5.16 Å². The van der Waals surface area contributed by atoms with E-state index in [0.717, 1.165) is 11.1 Å². The Bertz CT molecular complexity index is 1350. The molecule has 0 aliphatic rings. The van der Waals surface area contributed by atoms with Crippen LogP contribution in [0.25, 0.3) is 16.7 Å². The minimum atomic E-state index is -0.544. The van der Waals surface area contributed by atoms with Gasteiger partial charge in [-0.05, 0) is 62.2 Å². The Balaban J connectivity index is 1.65. The number of hydrogen-bond acceptors (Lipinski definition) is 5. The van der Waals surface area contributed by atoms with E-state index in [-0.39, 0.29) is 23.3 Å². The maximum Gasteiger partial charge on any atom is 0.267 e. The van der Waals surface area contributed by atoms with Crippen molar-refractivity contribution in [2.45, 2.75) is 37.2 Å². The predicted molar refractivity (Wildman–Crippen MR) is 128 cm³/mol. The van der Waals surface area contributed by atoms with E-state index in [0.29, 0.717) is 21.9 Å². The van der Waals surface area contributed by atoms with E-state index < -0.39 is 5.25 Å². The zero-order valence-corrected chi connectivity index (χ0v) is 19.3. The molecular formula is C25H23FN4O2S. The molecule has 2 aromatic heterocycles. The maximum absolute atomic E-state index is 13.3. The first-order valence-electron chi connectivity index (χ1n) is 10.5. The van der Waals surface area contributed by atoms with Crippen molar-refractivity contribution in [2.24, 2.45) is 0 Å². The molecule has 0 spiro atoms. The lowest BCUT2D eigenvalue weighted by Crippen LogP contribution is -2.33. The molecule has 0 saturated carbocycles. The number of benzene rings is 2. The lowest BCUT2D eigenvalue weighted by molar-refractivity contribution is -0.120. The van der Waals surface area contributed by atoms with Gasteiger partial charge in [0.25, 0.3) is 5.56 Å². The largest absolute Gasteiger partial charge is 0.349 e. The van der Waals surface area contributed by atoms with Crippen LogP contribution in [0.1, 0.15) is 31.0 Å². The Hall–Kier alpha value is -3.52. The number of aryl methyl sites for hydroxylation is 1. The Morgan fingerprint density at radius 1 is 1.06 bits per heavy atom. The zero-order valence-electron chi connectivity index (χ0n) is 18.4. The number of carbonyl (C=O) groups excluding carboxylic acids is 1. The van der Waals surface area contributed by atoms with E-state index >= 15 is 0 Å². The van der Waals surface area contributed by atoms with Gasteiger partial charge in [0.1, 0.15) is 11.6 Å². The van der Waals surface area contributed by atoms with Crippen LogP contribution < -0.4 is 10.9 Å². The molecule has 0 radical (unpaired) electrons. The fraction of sp³-hybridized carbons (Fsp3) is 0.200. The second kappa shape index (κ2) is 9.54. The number of nitrogens with one attached hydrogen (secondary N) is 1. The van der Waals surface area contributed by atoms with Gasteiger partial charge in [0.05, 0.1) is 22.2 Å². The van der Waals surface area contributed by atoms with E-state index in [1.54, 1.807) is 49.5 Å². The van der Waals surface area contributed by atoms with E-state index in [1.807, 2.05) is 26.0 Å². The molecule has 6 nitrogen and oxygen atoms in total. The molecule has 2 heterocycles. The van der Waals surface area contributed by atoms with Crippen molar-refractivity contribution in [2.75, 3.05) is 0 Å². The average Bonchev–Trinajstić information content (AvgIpc) is 2.80. The van der Waals surface area contributed by atoms with Crippen molar-refractivity contribution < 1.29 is 9.18 Å². The molecule has 0 bridgehead atoms. The van der Waals surface area contributed by atoms with Crippen molar-refractivity contribution in [3.8, 4) is 5.82 Å². The number of hydrogen-bond donors (Lipinski definition) is 1. The lowest BCUT2D eigenvalue weighted by Gasteiger charge is -2.19. The molecule has 1 amide bonds. The Kier molecular flexibility index (Phi) is 6.55. The van der Waals surface area contributed by atoms with Crippen LogP contribution in [-0.2, 0) is 4.79 Å². The third kappa shape index (κ3) is 4.96. The smallest absolute Gasteiger partial charge is 0.267 e. The molecule has 2 atom stereocenters. The summed E-state index contributed by atoms with van der Waals surface area (Å²) in [4.78, 5) is 35.3. The lowest BCUT2D eigenvalue weighted by atomic mass is 10.1. The number of amides is 1. The monoisotopic (exact) mass is 462 g/mol. The minimum Gasteiger partial charge on any atom is -0.349 e. The topological polar surface area (TPSA) is 76.9 Å². The second-order valence-corrected chi connectivity index (χ2v) is 9.10. The van der Waals surface area contributed by atoms with E-state index in [4.69, 9.17) is 0 Å². The number of pyridine rings is 1. The van der Waals surface area contributed by atoms with Crippen LogP contribution in [0.15, 0.2) is 76.8 Å². The Morgan fingerprint density at radius 2 is 1.79 bits per heavy atom. The van der Waals surface area contributed by atoms with E-state index in [9.17, 15) is 14.0 Å². The number of nitrogens with zero attached hydrogens (tertiary/aromatic N) is 3. The molecule has 2 unspecified atom stereocenters. The van der Waals surface area contributed by atoms with Crippen LogP contribution in [-0.4, -0.2) is 25.7 Å². The van der Waals surface area contributed by atoms with Crippen LogP contribution in [0.4, 0.5) is 4.39 Å². The number of fused-ring (bicyclic) bond motifs is 1. The van der Waals surface area contributed by atoms with Gasteiger partial charge in [-0.25, -0.2) is 18.9 Å². The van der Waals surface area contributed by atoms with E-state index in [1.165, 1.54) is 28.5 Å². The molecule has 0 aliphatic heterocycles. The molecule has 1 N–H and O–H groups in total. The number of rotatable bonds is 6. The summed E-state index contributed by atoms with van der Waals surface area (Å²) in [5.74, 6) is -0.104. The summed E-state index contributed by atoms with van der Waals surface area (Å²) in [6.07, 6.45) is 1.69. The Labute approximate surface area is 194 Å². The summed E-state index contributed by atoms with van der Waals surface area (Å²) in [6, 6.07) is 16.5. The van der Waals surface area contributed by atoms with Crippen LogP contribution in [0, 0.1) is 12.7 Å². The summed E-state index contributed by atoms with van der Waals surface area (Å²) in [5.41, 5.74) is 2.08. The fourth-order valence-corrected chi connectivity index (χ4v) is 4.29. The van der Waals surface area contributed by atoms with Crippen molar-refractivity contribution >= 4 is 28.6 Å². The number of thioether (sulfide) groups is 1. The first kappa shape index (κ1) is 22.7. The average molecular weight is 463 g/mol. The number of carbonyl (C=O) groups is 1. The van der Waals surface area contributed by atoms with E-state index in [2.05, 4.69) is 15.3 Å². The summed E-state index contributed by atoms with van der Waals surface area (Å²) in [7, 11) is 0. The summed E-state index contributed by atoms with van der Waals surface area (Å²) in [6.45, 7) is 5.51. The molecule has 2 aromatic carbocycles. The molecule has 4 aromatic rings. The van der Waals surface area contributed by atoms with Crippen LogP contribution >= 0.6 is 11.8 Å². The molecule has 0 aliphatic carbocycles. The maximum atomic E-state index is 13.3. The standard InChI is InChI=1S/C25H23FN4O2S/c1-15-8-13-22(27-14-15)30-24(32)20-6-4-5-7-21(20)29-25(30)33-17(3)23(31)28-16(2)18-9-11-19(26)12-10-18/h4-14,16-17H,1-3H3,(H,28,31). The third-order valence-corrected chi connectivity index (χ3v) is 6.30. The van der Waals surface area contributed by atoms with Gasteiger partial charge in [0.2, 0.25) is 5.91 Å². The molecule has 8 heteroatoms. The number of halogens is 1. The van der Waals surface area contributed by atoms with Crippen molar-refractivity contribution in [1.82, 2.24) is 19.9 Å². The molecule has 168 valence electrons. The first-order valence-corrected chi connectivity index (χ1v) is 11.4. The van der Waals surface area contributed by atoms with Gasteiger partial charge < -0.3 is 5.32 Å². The highest BCUT2D eigenvalue weighted by atomic mass is 32.2. The summed E-state index contributed by atoms with van der Waals surface area (Å²) >= 11 is 1.19. The fourth-order valence-electron chi connectivity index (χ4n) is 3.36. The highest BCUT2D eigenvalue weighted by molar-refractivity contribution is 8.00. The zero-order chi connectivity index (χ0) is 23.5. The highest BCUT2D eigenvalue weighted by Gasteiger charge is 2.22. The second-order valence-electron chi connectivity index (χ2n) is 7.79. The SMILES string of the molecule is Cc1ccc(-n2c(SC(C)C(=O)NC(C)c3ccc(F)cc3)nc3ccccc3c2=O)nc1.